The van der Waals surface area contributed by atoms with Crippen molar-refractivity contribution >= 4 is 17.5 Å². The minimum atomic E-state index is 0.580. The number of unbranched alkanes of at least 4 members (excludes halogenated alkanes) is 3. The first-order valence-electron chi connectivity index (χ1n) is 6.00. The Morgan fingerprint density at radius 1 is 1.21 bits per heavy atom. The minimum absolute atomic E-state index is 0.580. The van der Waals surface area contributed by atoms with E-state index in [-0.39, 0.29) is 0 Å². The number of aliphatic imine (C=N–C) groups is 1. The van der Waals surface area contributed by atoms with Gasteiger partial charge in [0.15, 0.2) is 0 Å². The van der Waals surface area contributed by atoms with Gasteiger partial charge >= 0.3 is 0 Å². The molecular formula is C12H23NS. The average Bonchev–Trinajstić information content (AvgIpc) is 2.54. The van der Waals surface area contributed by atoms with E-state index < -0.39 is 0 Å². The molecule has 2 heteroatoms. The van der Waals surface area contributed by atoms with Crippen molar-refractivity contribution in [3.63, 3.8) is 0 Å². The van der Waals surface area contributed by atoms with Crippen LogP contribution in [0.5, 0.6) is 0 Å². The molecule has 82 valence electrons. The highest BCUT2D eigenvalue weighted by Gasteiger charge is 2.23. The molecule has 1 aliphatic heterocycles. The molecule has 0 fully saturated rings. The van der Waals surface area contributed by atoms with Gasteiger partial charge in [-0.1, -0.05) is 39.5 Å². The Labute approximate surface area is 92.8 Å². The first-order valence-corrected chi connectivity index (χ1v) is 6.94. The zero-order valence-electron chi connectivity index (χ0n) is 9.75. The average molecular weight is 213 g/mol. The molecule has 2 atom stereocenters. The number of hydrogen-bond acceptors (Lipinski definition) is 2. The van der Waals surface area contributed by atoms with Crippen molar-refractivity contribution in [1.82, 2.24) is 0 Å². The maximum absolute atomic E-state index is 4.76. The quantitative estimate of drug-likeness (QED) is 0.600. The third kappa shape index (κ3) is 3.64. The molecule has 0 radical (unpaired) electrons. The largest absolute Gasteiger partial charge is 0.279 e. The van der Waals surface area contributed by atoms with Gasteiger partial charge in [0.2, 0.25) is 0 Å². The van der Waals surface area contributed by atoms with E-state index >= 15 is 0 Å². The number of rotatable bonds is 6. The molecule has 1 nitrogen and oxygen atoms in total. The molecule has 0 saturated carbocycles. The van der Waals surface area contributed by atoms with Crippen molar-refractivity contribution in [2.24, 2.45) is 4.99 Å². The van der Waals surface area contributed by atoms with Crippen LogP contribution >= 0.6 is 11.8 Å². The van der Waals surface area contributed by atoms with E-state index in [1.54, 1.807) is 0 Å². The minimum Gasteiger partial charge on any atom is -0.279 e. The SMILES string of the molecule is CCCCCC[C@@H]1N=C(CC)[C@H](C)S1. The molecule has 0 bridgehead atoms. The molecule has 0 aromatic carbocycles. The Balaban J connectivity index is 2.18. The number of nitrogens with zero attached hydrogens (tertiary/aromatic N) is 1. The summed E-state index contributed by atoms with van der Waals surface area (Å²) in [5.41, 5.74) is 1.43. The fourth-order valence-electron chi connectivity index (χ4n) is 1.89. The lowest BCUT2D eigenvalue weighted by atomic mass is 10.1. The predicted octanol–water partition coefficient (Wildman–Crippen LogP) is 4.27. The lowest BCUT2D eigenvalue weighted by Crippen LogP contribution is -2.06. The van der Waals surface area contributed by atoms with Crippen LogP contribution in [0.1, 0.15) is 59.3 Å². The van der Waals surface area contributed by atoms with E-state index in [1.807, 2.05) is 0 Å². The molecule has 1 heterocycles. The Bertz CT molecular complexity index is 189. The van der Waals surface area contributed by atoms with Crippen molar-refractivity contribution in [2.75, 3.05) is 0 Å². The monoisotopic (exact) mass is 213 g/mol. The van der Waals surface area contributed by atoms with Gasteiger partial charge in [-0.2, -0.15) is 0 Å². The Morgan fingerprint density at radius 2 is 2.00 bits per heavy atom. The Morgan fingerprint density at radius 3 is 2.57 bits per heavy atom. The second-order valence-corrected chi connectivity index (χ2v) is 5.58. The summed E-state index contributed by atoms with van der Waals surface area (Å²) < 4.78 is 0. The van der Waals surface area contributed by atoms with Crippen LogP contribution in [0.25, 0.3) is 0 Å². The van der Waals surface area contributed by atoms with E-state index in [1.165, 1.54) is 37.8 Å². The molecule has 0 aliphatic carbocycles. The van der Waals surface area contributed by atoms with Crippen molar-refractivity contribution in [1.29, 1.82) is 0 Å². The molecule has 0 aromatic rings. The van der Waals surface area contributed by atoms with Crippen LogP contribution in [-0.2, 0) is 0 Å². The molecule has 1 rings (SSSR count). The smallest absolute Gasteiger partial charge is 0.0957 e. The van der Waals surface area contributed by atoms with Crippen molar-refractivity contribution < 1.29 is 0 Å². The van der Waals surface area contributed by atoms with Gasteiger partial charge in [0.1, 0.15) is 0 Å². The van der Waals surface area contributed by atoms with Crippen LogP contribution < -0.4 is 0 Å². The molecule has 0 aromatic heterocycles. The van der Waals surface area contributed by atoms with Crippen LogP contribution in [0.15, 0.2) is 4.99 Å². The zero-order valence-corrected chi connectivity index (χ0v) is 10.6. The summed E-state index contributed by atoms with van der Waals surface area (Å²) in [5.74, 6) is 0. The third-order valence-electron chi connectivity index (χ3n) is 2.81. The summed E-state index contributed by atoms with van der Waals surface area (Å²) in [5, 5.41) is 1.26. The van der Waals surface area contributed by atoms with Crippen LogP contribution in [0.4, 0.5) is 0 Å². The molecule has 0 N–H and O–H groups in total. The van der Waals surface area contributed by atoms with Gasteiger partial charge in [-0.3, -0.25) is 4.99 Å². The zero-order chi connectivity index (χ0) is 10.4. The molecule has 0 spiro atoms. The first kappa shape index (κ1) is 12.1. The molecule has 14 heavy (non-hydrogen) atoms. The third-order valence-corrected chi connectivity index (χ3v) is 4.14. The summed E-state index contributed by atoms with van der Waals surface area (Å²) >= 11 is 2.05. The second-order valence-electron chi connectivity index (χ2n) is 4.06. The van der Waals surface area contributed by atoms with Crippen LogP contribution in [-0.4, -0.2) is 16.3 Å². The van der Waals surface area contributed by atoms with Crippen LogP contribution in [0.3, 0.4) is 0 Å². The standard InChI is InChI=1S/C12H23NS/c1-4-6-7-8-9-12-13-11(5-2)10(3)14-12/h10,12H,4-9H2,1-3H3/t10-,12+/m0/s1. The maximum atomic E-state index is 4.76. The molecule has 0 saturated heterocycles. The Hall–Kier alpha value is 0.0200. The van der Waals surface area contributed by atoms with E-state index in [0.29, 0.717) is 10.6 Å². The maximum Gasteiger partial charge on any atom is 0.0957 e. The fourth-order valence-corrected chi connectivity index (χ4v) is 3.25. The van der Waals surface area contributed by atoms with Crippen LogP contribution in [0, 0.1) is 0 Å². The van der Waals surface area contributed by atoms with Crippen molar-refractivity contribution in [3.8, 4) is 0 Å². The molecule has 0 amide bonds. The normalized spacial score (nSPS) is 26.6. The number of hydrogen-bond donors (Lipinski definition) is 0. The highest BCUT2D eigenvalue weighted by Crippen LogP contribution is 2.31. The lowest BCUT2D eigenvalue weighted by molar-refractivity contribution is 0.626. The topological polar surface area (TPSA) is 12.4 Å². The van der Waals surface area contributed by atoms with E-state index in [9.17, 15) is 0 Å². The van der Waals surface area contributed by atoms with Crippen molar-refractivity contribution in [3.05, 3.63) is 0 Å². The van der Waals surface area contributed by atoms with E-state index in [2.05, 4.69) is 32.5 Å². The van der Waals surface area contributed by atoms with E-state index in [4.69, 9.17) is 4.99 Å². The summed E-state index contributed by atoms with van der Waals surface area (Å²) in [4.78, 5) is 4.76. The van der Waals surface area contributed by atoms with Gasteiger partial charge in [-0.15, -0.1) is 11.8 Å². The summed E-state index contributed by atoms with van der Waals surface area (Å²) in [6.07, 6.45) is 7.89. The van der Waals surface area contributed by atoms with Gasteiger partial charge in [0, 0.05) is 11.0 Å². The predicted molar refractivity (Wildman–Crippen MR) is 67.3 cm³/mol. The van der Waals surface area contributed by atoms with E-state index in [0.717, 1.165) is 6.42 Å². The summed E-state index contributed by atoms with van der Waals surface area (Å²) in [7, 11) is 0. The van der Waals surface area contributed by atoms with Gasteiger partial charge in [0.05, 0.1) is 5.37 Å². The molecule has 1 aliphatic rings. The fraction of sp³-hybridized carbons (Fsp3) is 0.917. The van der Waals surface area contributed by atoms with Crippen LogP contribution in [0.2, 0.25) is 0 Å². The number of thioether (sulfide) groups is 1. The second kappa shape index (κ2) is 6.49. The van der Waals surface area contributed by atoms with Gasteiger partial charge in [-0.25, -0.2) is 0 Å². The van der Waals surface area contributed by atoms with Crippen molar-refractivity contribution in [2.45, 2.75) is 69.9 Å². The lowest BCUT2D eigenvalue weighted by Gasteiger charge is -2.06. The Kier molecular flexibility index (Phi) is 5.61. The molecular weight excluding hydrogens is 190 g/mol. The highest BCUT2D eigenvalue weighted by molar-refractivity contribution is 8.01. The van der Waals surface area contributed by atoms with Gasteiger partial charge in [0.25, 0.3) is 0 Å². The molecule has 0 unspecified atom stereocenters. The summed E-state index contributed by atoms with van der Waals surface area (Å²) in [6, 6.07) is 0. The first-order chi connectivity index (χ1) is 6.77. The highest BCUT2D eigenvalue weighted by atomic mass is 32.2. The van der Waals surface area contributed by atoms with Gasteiger partial charge in [-0.05, 0) is 19.8 Å². The van der Waals surface area contributed by atoms with Gasteiger partial charge < -0.3 is 0 Å². The summed E-state index contributed by atoms with van der Waals surface area (Å²) in [6.45, 7) is 6.77.